The maximum Gasteiger partial charge on any atom is 0.289 e. The first-order chi connectivity index (χ1) is 20.9. The van der Waals surface area contributed by atoms with Crippen molar-refractivity contribution >= 4 is 52.1 Å². The third-order valence-electron chi connectivity index (χ3n) is 5.40. The van der Waals surface area contributed by atoms with E-state index in [1.54, 1.807) is 36.4 Å². The first-order valence-corrected chi connectivity index (χ1v) is 15.4. The van der Waals surface area contributed by atoms with E-state index >= 15 is 0 Å². The number of nitrogens with one attached hydrogen (secondary N) is 4. The minimum atomic E-state index is -0.989. The fourth-order valence-corrected chi connectivity index (χ4v) is 3.70. The van der Waals surface area contributed by atoms with Crippen LogP contribution in [0.3, 0.4) is 0 Å². The van der Waals surface area contributed by atoms with Crippen LogP contribution < -0.4 is 26.4 Å². The van der Waals surface area contributed by atoms with Gasteiger partial charge in [0.1, 0.15) is 6.04 Å². The summed E-state index contributed by atoms with van der Waals surface area (Å²) in [7, 11) is 0. The van der Waals surface area contributed by atoms with Gasteiger partial charge in [0.15, 0.2) is 0 Å². The molecule has 0 radical (unpaired) electrons. The minimum absolute atomic E-state index is 0.144. The van der Waals surface area contributed by atoms with Gasteiger partial charge in [-0.25, -0.2) is 0 Å². The molecule has 1 atom stereocenters. The molecular weight excluding hydrogens is 578 g/mol. The number of carbonyl (C=O) groups is 5. The molecule has 10 nitrogen and oxygen atoms in total. The second-order valence-electron chi connectivity index (χ2n) is 10.5. The van der Waals surface area contributed by atoms with Crippen LogP contribution in [0.25, 0.3) is 10.8 Å². The van der Waals surface area contributed by atoms with Crippen LogP contribution in [0.5, 0.6) is 0 Å². The highest BCUT2D eigenvalue weighted by atomic mass is 32.2. The molecule has 0 aliphatic heterocycles. The summed E-state index contributed by atoms with van der Waals surface area (Å²) in [5.74, 6) is -2.49. The monoisotopic (exact) mass is 623 g/mol. The molecule has 0 saturated carbocycles. The van der Waals surface area contributed by atoms with Crippen molar-refractivity contribution in [3.63, 3.8) is 0 Å². The van der Waals surface area contributed by atoms with Crippen molar-refractivity contribution < 1.29 is 24.0 Å². The zero-order chi connectivity index (χ0) is 33.1. The number of carbonyl (C=O) groups excluding carboxylic acids is 5. The number of amides is 4. The molecule has 0 spiro atoms. The normalized spacial score (nSPS) is 10.7. The van der Waals surface area contributed by atoms with Crippen LogP contribution in [0.2, 0.25) is 0 Å². The Kier molecular flexibility index (Phi) is 17.7. The number of rotatable bonds is 11. The van der Waals surface area contributed by atoms with Crippen LogP contribution in [0.15, 0.2) is 71.6 Å². The Balaban J connectivity index is 0.00000125. The summed E-state index contributed by atoms with van der Waals surface area (Å²) in [6.45, 7) is 11.5. The van der Waals surface area contributed by atoms with Gasteiger partial charge in [-0.1, -0.05) is 89.6 Å². The molecule has 0 saturated heterocycles. The fourth-order valence-electron chi connectivity index (χ4n) is 3.40. The summed E-state index contributed by atoms with van der Waals surface area (Å²) in [6.07, 6.45) is 1.25. The predicted molar refractivity (Wildman–Crippen MR) is 177 cm³/mol. The van der Waals surface area contributed by atoms with Gasteiger partial charge in [-0.05, 0) is 59.3 Å². The van der Waals surface area contributed by atoms with E-state index in [0.29, 0.717) is 5.56 Å². The van der Waals surface area contributed by atoms with Crippen molar-refractivity contribution in [2.45, 2.75) is 65.4 Å². The van der Waals surface area contributed by atoms with Gasteiger partial charge in [0.2, 0.25) is 17.6 Å². The van der Waals surface area contributed by atoms with Crippen LogP contribution >= 0.6 is 11.9 Å². The van der Waals surface area contributed by atoms with E-state index < -0.39 is 42.0 Å². The summed E-state index contributed by atoms with van der Waals surface area (Å²) >= 11 is 1.10. The van der Waals surface area contributed by atoms with Gasteiger partial charge in [0.25, 0.3) is 11.8 Å². The lowest BCUT2D eigenvalue weighted by Gasteiger charge is -2.14. The smallest absolute Gasteiger partial charge is 0.289 e. The summed E-state index contributed by atoms with van der Waals surface area (Å²) in [4.78, 5) is 61.9. The Morgan fingerprint density at radius 1 is 0.773 bits per heavy atom. The van der Waals surface area contributed by atoms with Crippen molar-refractivity contribution in [3.8, 4) is 0 Å². The van der Waals surface area contributed by atoms with Crippen LogP contribution in [0, 0.1) is 5.92 Å². The number of nitrogens with two attached hydrogens (primary N) is 1. The molecule has 3 rings (SSSR count). The largest absolute Gasteiger partial charge is 0.347 e. The highest BCUT2D eigenvalue weighted by molar-refractivity contribution is 7.97. The highest BCUT2D eigenvalue weighted by Crippen LogP contribution is 2.18. The van der Waals surface area contributed by atoms with Crippen molar-refractivity contribution in [2.24, 2.45) is 11.1 Å². The third kappa shape index (κ3) is 14.3. The van der Waals surface area contributed by atoms with E-state index in [1.165, 1.54) is 13.3 Å². The molecule has 0 aromatic heterocycles. The van der Waals surface area contributed by atoms with Gasteiger partial charge in [0, 0.05) is 17.0 Å². The van der Waals surface area contributed by atoms with Crippen molar-refractivity contribution in [1.29, 1.82) is 0 Å². The zero-order valence-electron chi connectivity index (χ0n) is 26.4. The van der Waals surface area contributed by atoms with Crippen molar-refractivity contribution in [1.82, 2.24) is 21.3 Å². The zero-order valence-corrected chi connectivity index (χ0v) is 27.2. The van der Waals surface area contributed by atoms with Gasteiger partial charge in [-0.3, -0.25) is 29.1 Å². The SMILES string of the molecule is CC(C)C.CCC.C[C@H](NC(=O)CNC(=O)c1cccc2ccccc12)C(=O)NCC(=O)C(=O)NCc1ccc(SN)cc1. The predicted octanol–water partition coefficient (Wildman–Crippen LogP) is 4.12. The molecule has 0 aliphatic carbocycles. The van der Waals surface area contributed by atoms with E-state index in [9.17, 15) is 24.0 Å². The Bertz CT molecular complexity index is 1370. The quantitative estimate of drug-likeness (QED) is 0.159. The van der Waals surface area contributed by atoms with E-state index in [2.05, 4.69) is 55.9 Å². The number of hydrogen-bond donors (Lipinski definition) is 5. The molecular formula is C33H45N5O5S. The minimum Gasteiger partial charge on any atom is -0.347 e. The van der Waals surface area contributed by atoms with Gasteiger partial charge in [-0.15, -0.1) is 0 Å². The molecule has 0 unspecified atom stereocenters. The topological polar surface area (TPSA) is 159 Å². The Hall–Kier alpha value is -4.22. The van der Waals surface area contributed by atoms with Gasteiger partial charge < -0.3 is 21.3 Å². The maximum atomic E-state index is 12.5. The standard InChI is InChI=1S/C26H27N5O5S.C4H10.C3H8/c1-16(24(34)29-14-22(32)26(36)28-13-17-9-11-19(37-27)12-10-17)31-23(33)15-30-25(35)21-8-4-6-18-5-2-3-7-20(18)21;1-4(2)3;1-3-2/h2-12,16H,13-15,27H2,1H3,(H,28,36)(H,29,34)(H,30,35)(H,31,33);4H,1-3H3;3H2,1-2H3/t16-;;/m0../s1. The molecule has 3 aromatic carbocycles. The van der Waals surface area contributed by atoms with Crippen LogP contribution in [-0.4, -0.2) is 48.5 Å². The molecule has 11 heteroatoms. The Morgan fingerprint density at radius 2 is 1.36 bits per heavy atom. The number of hydrogen-bond acceptors (Lipinski definition) is 7. The Morgan fingerprint density at radius 3 is 1.98 bits per heavy atom. The van der Waals surface area contributed by atoms with E-state index in [-0.39, 0.29) is 13.1 Å². The summed E-state index contributed by atoms with van der Waals surface area (Å²) in [5, 5.41) is 16.9. The van der Waals surface area contributed by atoms with Gasteiger partial charge >= 0.3 is 0 Å². The molecule has 44 heavy (non-hydrogen) atoms. The molecule has 0 aliphatic rings. The summed E-state index contributed by atoms with van der Waals surface area (Å²) in [5.41, 5.74) is 1.21. The van der Waals surface area contributed by atoms with E-state index in [0.717, 1.165) is 39.1 Å². The number of fused-ring (bicyclic) bond motifs is 1. The molecule has 0 fully saturated rings. The molecule has 0 heterocycles. The average Bonchev–Trinajstić information content (AvgIpc) is 3.01. The maximum absolute atomic E-state index is 12.5. The first-order valence-electron chi connectivity index (χ1n) is 14.5. The summed E-state index contributed by atoms with van der Waals surface area (Å²) < 4.78 is 0. The summed E-state index contributed by atoms with van der Waals surface area (Å²) in [6, 6.07) is 18.8. The van der Waals surface area contributed by atoms with Crippen LogP contribution in [-0.2, 0) is 25.7 Å². The van der Waals surface area contributed by atoms with Gasteiger partial charge in [-0.2, -0.15) is 0 Å². The van der Waals surface area contributed by atoms with Gasteiger partial charge in [0.05, 0.1) is 13.1 Å². The highest BCUT2D eigenvalue weighted by Gasteiger charge is 2.19. The second-order valence-corrected chi connectivity index (χ2v) is 11.2. The second kappa shape index (κ2) is 20.6. The average molecular weight is 624 g/mol. The molecule has 3 aromatic rings. The molecule has 4 amide bonds. The number of Topliss-reactive ketones (excluding diaryl/α,β-unsaturated/α-hetero) is 1. The van der Waals surface area contributed by atoms with E-state index in [1.807, 2.05) is 30.3 Å². The van der Waals surface area contributed by atoms with E-state index in [4.69, 9.17) is 5.14 Å². The molecule has 6 N–H and O–H groups in total. The van der Waals surface area contributed by atoms with Crippen LogP contribution in [0.4, 0.5) is 0 Å². The third-order valence-corrected chi connectivity index (χ3v) is 5.95. The number of benzene rings is 3. The van der Waals surface area contributed by atoms with Crippen molar-refractivity contribution in [3.05, 3.63) is 77.9 Å². The first kappa shape index (κ1) is 37.8. The Labute approximate surface area is 264 Å². The lowest BCUT2D eigenvalue weighted by molar-refractivity contribution is -0.138. The fraction of sp³-hybridized carbons (Fsp3) is 0.364. The van der Waals surface area contributed by atoms with Crippen molar-refractivity contribution in [2.75, 3.05) is 13.1 Å². The number of ketones is 1. The molecule has 0 bridgehead atoms. The van der Waals surface area contributed by atoms with Crippen LogP contribution in [0.1, 0.15) is 63.9 Å². The molecule has 238 valence electrons. The lowest BCUT2D eigenvalue weighted by atomic mass is 10.0. The lowest BCUT2D eigenvalue weighted by Crippen LogP contribution is -2.49.